The van der Waals surface area contributed by atoms with E-state index in [9.17, 15) is 0 Å². The highest BCUT2D eigenvalue weighted by atomic mass is 16.5. The molecule has 0 bridgehead atoms. The van der Waals surface area contributed by atoms with Crippen LogP contribution in [0.2, 0.25) is 0 Å². The zero-order valence-corrected chi connectivity index (χ0v) is 20.7. The van der Waals surface area contributed by atoms with Crippen LogP contribution in [-0.2, 0) is 0 Å². The first kappa shape index (κ1) is 24.8. The topological polar surface area (TPSA) is 44.9 Å². The van der Waals surface area contributed by atoms with Gasteiger partial charge in [-0.15, -0.1) is 0 Å². The van der Waals surface area contributed by atoms with E-state index in [1.165, 1.54) is 11.1 Å². The molecule has 0 atom stereocenters. The van der Waals surface area contributed by atoms with Gasteiger partial charge in [-0.25, -0.2) is 9.36 Å². The molecular formula is C33H30N4O. The smallest absolute Gasteiger partial charge is 0.129 e. The largest absolute Gasteiger partial charge is 0.457 e. The zero-order chi connectivity index (χ0) is 25.2. The van der Waals surface area contributed by atoms with E-state index >= 15 is 0 Å². The Labute approximate surface area is 223 Å². The number of hydrogen-bond donors (Lipinski definition) is 0. The molecule has 0 unspecified atom stereocenters. The molecule has 188 valence electrons. The van der Waals surface area contributed by atoms with Crippen LogP contribution in [0.1, 0.15) is 18.8 Å². The molecule has 0 aliphatic rings. The average molecular weight is 499 g/mol. The van der Waals surface area contributed by atoms with Crippen molar-refractivity contribution in [3.63, 3.8) is 0 Å². The van der Waals surface area contributed by atoms with E-state index in [0.717, 1.165) is 45.4 Å². The second kappa shape index (κ2) is 10.6. The van der Waals surface area contributed by atoms with Gasteiger partial charge >= 0.3 is 0 Å². The predicted octanol–water partition coefficient (Wildman–Crippen LogP) is 8.44. The molecule has 5 nitrogen and oxygen atoms in total. The van der Waals surface area contributed by atoms with Crippen LogP contribution < -0.4 is 4.74 Å². The van der Waals surface area contributed by atoms with Crippen molar-refractivity contribution in [2.24, 2.45) is 0 Å². The summed E-state index contributed by atoms with van der Waals surface area (Å²) < 4.78 is 10.0. The SMILES string of the molecule is C.Cc1cc(C)n(-c2cccc(Oc3cccc(-n4cc(-c5ccc(-c6ccccc6)cc5)cn4)c3)c2)n1. The van der Waals surface area contributed by atoms with E-state index in [1.807, 2.05) is 90.2 Å². The Hall–Kier alpha value is -4.90. The van der Waals surface area contributed by atoms with Crippen molar-refractivity contribution >= 4 is 0 Å². The van der Waals surface area contributed by atoms with Crippen molar-refractivity contribution in [1.82, 2.24) is 19.6 Å². The molecule has 0 fully saturated rings. The summed E-state index contributed by atoms with van der Waals surface area (Å²) in [6.07, 6.45) is 3.93. The number of hydrogen-bond acceptors (Lipinski definition) is 3. The number of aryl methyl sites for hydroxylation is 2. The highest BCUT2D eigenvalue weighted by Gasteiger charge is 2.08. The third-order valence-corrected chi connectivity index (χ3v) is 6.30. The van der Waals surface area contributed by atoms with Gasteiger partial charge in [-0.05, 0) is 60.9 Å². The van der Waals surface area contributed by atoms with Crippen LogP contribution in [0.4, 0.5) is 0 Å². The van der Waals surface area contributed by atoms with Crippen LogP contribution in [-0.4, -0.2) is 19.6 Å². The van der Waals surface area contributed by atoms with Gasteiger partial charge in [0.1, 0.15) is 11.5 Å². The molecule has 0 aliphatic carbocycles. The Morgan fingerprint density at radius 2 is 1.21 bits per heavy atom. The van der Waals surface area contributed by atoms with E-state index in [1.54, 1.807) is 0 Å². The first-order chi connectivity index (χ1) is 18.1. The van der Waals surface area contributed by atoms with E-state index in [4.69, 9.17) is 4.74 Å². The first-order valence-electron chi connectivity index (χ1n) is 12.2. The van der Waals surface area contributed by atoms with Gasteiger partial charge in [0, 0.05) is 29.6 Å². The van der Waals surface area contributed by atoms with Gasteiger partial charge < -0.3 is 4.74 Å². The van der Waals surface area contributed by atoms with E-state index in [0.29, 0.717) is 0 Å². The van der Waals surface area contributed by atoms with Gasteiger partial charge in [0.15, 0.2) is 0 Å². The molecule has 6 aromatic rings. The summed E-state index contributed by atoms with van der Waals surface area (Å²) in [7, 11) is 0. The molecule has 5 heteroatoms. The van der Waals surface area contributed by atoms with Crippen LogP contribution in [0, 0.1) is 13.8 Å². The van der Waals surface area contributed by atoms with Gasteiger partial charge in [0.2, 0.25) is 0 Å². The van der Waals surface area contributed by atoms with Crippen molar-refractivity contribution in [3.05, 3.63) is 133 Å². The van der Waals surface area contributed by atoms with Gasteiger partial charge in [-0.3, -0.25) is 0 Å². The molecule has 0 saturated carbocycles. The minimum Gasteiger partial charge on any atom is -0.457 e. The summed E-state index contributed by atoms with van der Waals surface area (Å²) in [6.45, 7) is 4.04. The summed E-state index contributed by atoms with van der Waals surface area (Å²) in [5, 5.41) is 9.19. The van der Waals surface area contributed by atoms with E-state index in [2.05, 4.69) is 64.8 Å². The third-order valence-electron chi connectivity index (χ3n) is 6.30. The van der Waals surface area contributed by atoms with Gasteiger partial charge in [0.05, 0.1) is 23.3 Å². The Bertz CT molecular complexity index is 1660. The fourth-order valence-corrected chi connectivity index (χ4v) is 4.49. The molecule has 2 heterocycles. The Balaban J connectivity index is 0.00000294. The molecule has 2 aromatic heterocycles. The highest BCUT2D eigenvalue weighted by molar-refractivity contribution is 5.70. The maximum atomic E-state index is 6.21. The van der Waals surface area contributed by atoms with Gasteiger partial charge in [0.25, 0.3) is 0 Å². The quantitative estimate of drug-likeness (QED) is 0.231. The van der Waals surface area contributed by atoms with Crippen LogP contribution in [0.15, 0.2) is 122 Å². The molecule has 0 radical (unpaired) electrons. The highest BCUT2D eigenvalue weighted by Crippen LogP contribution is 2.28. The molecule has 4 aromatic carbocycles. The summed E-state index contributed by atoms with van der Waals surface area (Å²) >= 11 is 0. The molecule has 0 amide bonds. The molecule has 6 rings (SSSR count). The summed E-state index contributed by atoms with van der Waals surface area (Å²) in [4.78, 5) is 0. The number of benzene rings is 4. The van der Waals surface area contributed by atoms with Crippen LogP contribution in [0.3, 0.4) is 0 Å². The van der Waals surface area contributed by atoms with Crippen LogP contribution in [0.25, 0.3) is 33.6 Å². The summed E-state index contributed by atoms with van der Waals surface area (Å²) in [6, 6.07) is 36.9. The monoisotopic (exact) mass is 498 g/mol. The van der Waals surface area contributed by atoms with Crippen molar-refractivity contribution in [2.75, 3.05) is 0 Å². The molecule has 0 saturated heterocycles. The number of ether oxygens (including phenoxy) is 1. The molecule has 0 aliphatic heterocycles. The normalized spacial score (nSPS) is 10.7. The lowest BCUT2D eigenvalue weighted by molar-refractivity contribution is 0.481. The van der Waals surface area contributed by atoms with Crippen molar-refractivity contribution < 1.29 is 4.74 Å². The number of nitrogens with zero attached hydrogens (tertiary/aromatic N) is 4. The maximum Gasteiger partial charge on any atom is 0.129 e. The first-order valence-corrected chi connectivity index (χ1v) is 12.2. The minimum absolute atomic E-state index is 0. The average Bonchev–Trinajstić information content (AvgIpc) is 3.56. The Morgan fingerprint density at radius 1 is 0.605 bits per heavy atom. The fourth-order valence-electron chi connectivity index (χ4n) is 4.49. The molecule has 0 N–H and O–H groups in total. The van der Waals surface area contributed by atoms with Crippen molar-refractivity contribution in [2.45, 2.75) is 21.3 Å². The summed E-state index contributed by atoms with van der Waals surface area (Å²) in [5.41, 5.74) is 8.56. The van der Waals surface area contributed by atoms with Crippen molar-refractivity contribution in [1.29, 1.82) is 0 Å². The third kappa shape index (κ3) is 5.13. The molecular weight excluding hydrogens is 468 g/mol. The fraction of sp³-hybridized carbons (Fsp3) is 0.0909. The second-order valence-corrected chi connectivity index (χ2v) is 9.05. The van der Waals surface area contributed by atoms with Crippen LogP contribution >= 0.6 is 0 Å². The van der Waals surface area contributed by atoms with Gasteiger partial charge in [-0.1, -0.05) is 74.2 Å². The van der Waals surface area contributed by atoms with Crippen molar-refractivity contribution in [3.8, 4) is 45.1 Å². The number of aromatic nitrogens is 4. The maximum absolute atomic E-state index is 6.21. The van der Waals surface area contributed by atoms with Crippen LogP contribution in [0.5, 0.6) is 11.5 Å². The minimum atomic E-state index is 0. The van der Waals surface area contributed by atoms with Gasteiger partial charge in [-0.2, -0.15) is 10.2 Å². The van der Waals surface area contributed by atoms with E-state index in [-0.39, 0.29) is 7.43 Å². The molecule has 38 heavy (non-hydrogen) atoms. The number of rotatable bonds is 6. The lowest BCUT2D eigenvalue weighted by Gasteiger charge is -2.10. The van der Waals surface area contributed by atoms with E-state index < -0.39 is 0 Å². The zero-order valence-electron chi connectivity index (χ0n) is 20.7. The summed E-state index contributed by atoms with van der Waals surface area (Å²) in [5.74, 6) is 1.49. The predicted molar refractivity (Wildman–Crippen MR) is 154 cm³/mol. The lowest BCUT2D eigenvalue weighted by Crippen LogP contribution is -1.99. The second-order valence-electron chi connectivity index (χ2n) is 9.05. The standard InChI is InChI=1S/C32H26N4O.CH4/c1-23-18-24(2)36(34-23)30-11-7-13-32(20-30)37-31-12-6-10-29(19-31)35-22-28(21-33-35)27-16-14-26(15-17-27)25-8-4-3-5-9-25;/h3-22H,1-2H3;1H4. The Kier molecular flexibility index (Phi) is 6.92. The lowest BCUT2D eigenvalue weighted by atomic mass is 10.0. The Morgan fingerprint density at radius 3 is 1.87 bits per heavy atom. The molecule has 0 spiro atoms.